The van der Waals surface area contributed by atoms with E-state index in [1.54, 1.807) is 25.1 Å². The van der Waals surface area contributed by atoms with Crippen molar-refractivity contribution in [3.63, 3.8) is 0 Å². The molecule has 0 aromatic heterocycles. The van der Waals surface area contributed by atoms with Crippen molar-refractivity contribution in [2.45, 2.75) is 76.2 Å². The number of sulfonamides is 1. The zero-order valence-corrected chi connectivity index (χ0v) is 15.1. The van der Waals surface area contributed by atoms with Crippen molar-refractivity contribution in [1.29, 1.82) is 0 Å². The number of hydrogen-bond acceptors (Lipinski definition) is 5. The summed E-state index contributed by atoms with van der Waals surface area (Å²) in [6.45, 7) is 6.75. The van der Waals surface area contributed by atoms with Crippen LogP contribution in [-0.2, 0) is 14.8 Å². The predicted molar refractivity (Wildman–Crippen MR) is 88.3 cm³/mol. The van der Waals surface area contributed by atoms with Gasteiger partial charge in [0.1, 0.15) is 5.60 Å². The Labute approximate surface area is 139 Å². The second-order valence-corrected chi connectivity index (χ2v) is 9.61. The molecule has 2 N–H and O–H groups in total. The molecule has 0 radical (unpaired) electrons. The number of nitrogens with zero attached hydrogens (tertiary/aromatic N) is 1. The summed E-state index contributed by atoms with van der Waals surface area (Å²) >= 11 is 0. The third-order valence-electron chi connectivity index (χ3n) is 4.30. The number of ether oxygens (including phenoxy) is 1. The lowest BCUT2D eigenvalue weighted by Crippen LogP contribution is -2.49. The number of rotatable bonds is 4. The first-order chi connectivity index (χ1) is 10.7. The van der Waals surface area contributed by atoms with E-state index < -0.39 is 21.7 Å². The van der Waals surface area contributed by atoms with Crippen molar-refractivity contribution in [3.05, 3.63) is 0 Å². The van der Waals surface area contributed by atoms with Crippen LogP contribution in [0.1, 0.15) is 59.3 Å². The normalized spacial score (nSPS) is 26.9. The number of nitrogens with one attached hydrogen (secondary N) is 2. The number of carbonyl (C=O) groups is 1. The van der Waals surface area contributed by atoms with Crippen LogP contribution in [0.3, 0.4) is 0 Å². The lowest BCUT2D eigenvalue weighted by Gasteiger charge is -2.31. The van der Waals surface area contributed by atoms with Gasteiger partial charge in [0.05, 0.1) is 5.25 Å². The summed E-state index contributed by atoms with van der Waals surface area (Å²) in [5.74, 6) is 0. The Hall–Kier alpha value is -0.860. The molecule has 1 saturated heterocycles. The Kier molecular flexibility index (Phi) is 5.91. The predicted octanol–water partition coefficient (Wildman–Crippen LogP) is 1.75. The molecule has 0 aromatic rings. The van der Waals surface area contributed by atoms with E-state index in [-0.39, 0.29) is 11.3 Å². The van der Waals surface area contributed by atoms with Crippen LogP contribution in [0.25, 0.3) is 0 Å². The van der Waals surface area contributed by atoms with Gasteiger partial charge in [-0.25, -0.2) is 22.9 Å². The van der Waals surface area contributed by atoms with Gasteiger partial charge in [0.2, 0.25) is 10.0 Å². The van der Waals surface area contributed by atoms with Gasteiger partial charge in [-0.2, -0.15) is 0 Å². The first-order valence-corrected chi connectivity index (χ1v) is 9.92. The third-order valence-corrected chi connectivity index (χ3v) is 6.70. The van der Waals surface area contributed by atoms with Crippen LogP contribution in [-0.4, -0.2) is 48.8 Å². The molecule has 2 rings (SSSR count). The van der Waals surface area contributed by atoms with Gasteiger partial charge in [0.15, 0.2) is 0 Å². The second-order valence-electron chi connectivity index (χ2n) is 7.40. The quantitative estimate of drug-likeness (QED) is 0.757. The van der Waals surface area contributed by atoms with Crippen molar-refractivity contribution in [3.8, 4) is 0 Å². The highest BCUT2D eigenvalue weighted by atomic mass is 32.2. The summed E-state index contributed by atoms with van der Waals surface area (Å²) in [6.07, 6.45) is 4.15. The largest absolute Gasteiger partial charge is 0.443 e. The molecule has 0 spiro atoms. The van der Waals surface area contributed by atoms with Crippen LogP contribution in [0.4, 0.5) is 4.79 Å². The molecule has 0 aromatic carbocycles. The minimum Gasteiger partial charge on any atom is -0.443 e. The van der Waals surface area contributed by atoms with Crippen molar-refractivity contribution in [2.24, 2.45) is 0 Å². The molecule has 1 aliphatic heterocycles. The van der Waals surface area contributed by atoms with E-state index in [1.807, 2.05) is 0 Å². The van der Waals surface area contributed by atoms with Crippen molar-refractivity contribution in [1.82, 2.24) is 15.2 Å². The van der Waals surface area contributed by atoms with Gasteiger partial charge in [-0.1, -0.05) is 0 Å². The Balaban J connectivity index is 1.74. The van der Waals surface area contributed by atoms with Gasteiger partial charge in [0, 0.05) is 19.1 Å². The van der Waals surface area contributed by atoms with Gasteiger partial charge in [-0.3, -0.25) is 5.43 Å². The topological polar surface area (TPSA) is 87.7 Å². The molecule has 1 heterocycles. The molecule has 1 saturated carbocycles. The zero-order valence-electron chi connectivity index (χ0n) is 14.3. The average Bonchev–Trinajstić information content (AvgIpc) is 2.98. The molecule has 0 atom stereocenters. The van der Waals surface area contributed by atoms with Crippen LogP contribution >= 0.6 is 0 Å². The fourth-order valence-electron chi connectivity index (χ4n) is 3.12. The van der Waals surface area contributed by atoms with E-state index in [9.17, 15) is 13.2 Å². The van der Waals surface area contributed by atoms with E-state index in [1.165, 1.54) is 0 Å². The highest BCUT2D eigenvalue weighted by Gasteiger charge is 2.36. The summed E-state index contributed by atoms with van der Waals surface area (Å²) in [5, 5.41) is -0.278. The standard InChI is InChI=1S/C15H29N3O4S/c1-15(2,3)22-14(19)17-16-12-6-8-13(9-7-12)23(20,21)18-10-4-5-11-18/h12-13,16H,4-11H2,1-3H3,(H,17,19)/t12-,13+. The zero-order chi connectivity index (χ0) is 17.1. The monoisotopic (exact) mass is 347 g/mol. The van der Waals surface area contributed by atoms with Crippen LogP contribution in [0.15, 0.2) is 0 Å². The number of hydrazine groups is 1. The summed E-state index contributed by atoms with van der Waals surface area (Å²) in [7, 11) is -3.15. The van der Waals surface area contributed by atoms with E-state index in [0.29, 0.717) is 25.9 Å². The first-order valence-electron chi connectivity index (χ1n) is 8.42. The van der Waals surface area contributed by atoms with Crippen LogP contribution in [0.5, 0.6) is 0 Å². The van der Waals surface area contributed by atoms with Crippen molar-refractivity contribution in [2.75, 3.05) is 13.1 Å². The smallest absolute Gasteiger partial charge is 0.422 e. The van der Waals surface area contributed by atoms with Crippen molar-refractivity contribution < 1.29 is 17.9 Å². The SMILES string of the molecule is CC(C)(C)OC(=O)NN[C@H]1CC[C@@H](S(=O)(=O)N2CCCC2)CC1. The lowest BCUT2D eigenvalue weighted by atomic mass is 9.95. The van der Waals surface area contributed by atoms with Gasteiger partial charge in [-0.15, -0.1) is 0 Å². The summed E-state index contributed by atoms with van der Waals surface area (Å²) in [6, 6.07) is 0.0903. The molecule has 1 aliphatic carbocycles. The first kappa shape index (κ1) is 18.5. The number of hydrogen-bond donors (Lipinski definition) is 2. The molecule has 134 valence electrons. The minimum atomic E-state index is -3.15. The van der Waals surface area contributed by atoms with E-state index in [0.717, 1.165) is 25.7 Å². The molecule has 0 unspecified atom stereocenters. The molecule has 8 heteroatoms. The Morgan fingerprint density at radius 3 is 2.17 bits per heavy atom. The average molecular weight is 347 g/mol. The second kappa shape index (κ2) is 7.36. The Bertz CT molecular complexity index is 501. The summed E-state index contributed by atoms with van der Waals surface area (Å²) in [4.78, 5) is 11.6. The number of carbonyl (C=O) groups excluding carboxylic acids is 1. The molecular formula is C15H29N3O4S. The highest BCUT2D eigenvalue weighted by Crippen LogP contribution is 2.28. The van der Waals surface area contributed by atoms with Gasteiger partial charge in [0.25, 0.3) is 0 Å². The maximum absolute atomic E-state index is 12.5. The van der Waals surface area contributed by atoms with Gasteiger partial charge < -0.3 is 4.74 Å². The van der Waals surface area contributed by atoms with Gasteiger partial charge in [-0.05, 0) is 59.3 Å². The Morgan fingerprint density at radius 1 is 1.09 bits per heavy atom. The van der Waals surface area contributed by atoms with E-state index >= 15 is 0 Å². The third kappa shape index (κ3) is 5.32. The number of amides is 1. The van der Waals surface area contributed by atoms with E-state index in [4.69, 9.17) is 4.74 Å². The van der Waals surface area contributed by atoms with E-state index in [2.05, 4.69) is 10.9 Å². The lowest BCUT2D eigenvalue weighted by molar-refractivity contribution is 0.0482. The molecule has 2 aliphatic rings. The summed E-state index contributed by atoms with van der Waals surface area (Å²) < 4.78 is 31.9. The van der Waals surface area contributed by atoms with Gasteiger partial charge >= 0.3 is 6.09 Å². The maximum atomic E-state index is 12.5. The van der Waals surface area contributed by atoms with Crippen molar-refractivity contribution >= 4 is 16.1 Å². The van der Waals surface area contributed by atoms with Crippen LogP contribution in [0, 0.1) is 0 Å². The molecule has 1 amide bonds. The molecule has 0 bridgehead atoms. The highest BCUT2D eigenvalue weighted by molar-refractivity contribution is 7.89. The molecular weight excluding hydrogens is 318 g/mol. The Morgan fingerprint density at radius 2 is 1.65 bits per heavy atom. The molecule has 2 fully saturated rings. The molecule has 23 heavy (non-hydrogen) atoms. The fraction of sp³-hybridized carbons (Fsp3) is 0.933. The summed E-state index contributed by atoms with van der Waals surface area (Å²) in [5.41, 5.74) is 4.96. The van der Waals surface area contributed by atoms with Crippen LogP contribution in [0.2, 0.25) is 0 Å². The fourth-order valence-corrected chi connectivity index (χ4v) is 5.18. The molecule has 7 nitrogen and oxygen atoms in total. The van der Waals surface area contributed by atoms with Crippen LogP contribution < -0.4 is 10.9 Å². The minimum absolute atomic E-state index is 0.0903. The maximum Gasteiger partial charge on any atom is 0.422 e.